The summed E-state index contributed by atoms with van der Waals surface area (Å²) in [6.07, 6.45) is 4.51. The van der Waals surface area contributed by atoms with Gasteiger partial charge in [-0.15, -0.1) is 0 Å². The largest absolute Gasteiger partial charge is 0.497 e. The molecule has 0 saturated carbocycles. The van der Waals surface area contributed by atoms with Gasteiger partial charge in [-0.25, -0.2) is 4.68 Å². The Labute approximate surface area is 190 Å². The molecule has 1 saturated heterocycles. The van der Waals surface area contributed by atoms with Crippen LogP contribution in [-0.4, -0.2) is 54.4 Å². The van der Waals surface area contributed by atoms with Crippen LogP contribution in [0.5, 0.6) is 5.75 Å². The van der Waals surface area contributed by atoms with E-state index in [4.69, 9.17) is 4.74 Å². The van der Waals surface area contributed by atoms with Gasteiger partial charge in [-0.05, 0) is 61.8 Å². The number of ether oxygens (including phenoxy) is 1. The van der Waals surface area contributed by atoms with Gasteiger partial charge in [-0.3, -0.25) is 9.89 Å². The van der Waals surface area contributed by atoms with Crippen LogP contribution in [0.15, 0.2) is 71.9 Å². The Kier molecular flexibility index (Phi) is 7.40. The molecule has 0 spiro atoms. The SMILES string of the molecule is CN=C(NCc1ccn(-c2ccc(OC)cc2)n1)NCC(c1ccccc1)N1CCCC1. The quantitative estimate of drug-likeness (QED) is 0.422. The number of guanidine groups is 1. The maximum absolute atomic E-state index is 5.23. The van der Waals surface area contributed by atoms with E-state index in [-0.39, 0.29) is 0 Å². The predicted molar refractivity (Wildman–Crippen MR) is 128 cm³/mol. The Bertz CT molecular complexity index is 993. The second-order valence-electron chi connectivity index (χ2n) is 7.93. The van der Waals surface area contributed by atoms with Crippen LogP contribution in [0.2, 0.25) is 0 Å². The maximum Gasteiger partial charge on any atom is 0.191 e. The van der Waals surface area contributed by atoms with Gasteiger partial charge in [0.15, 0.2) is 5.96 Å². The van der Waals surface area contributed by atoms with Crippen molar-refractivity contribution in [3.8, 4) is 11.4 Å². The highest BCUT2D eigenvalue weighted by Crippen LogP contribution is 2.24. The first-order valence-electron chi connectivity index (χ1n) is 11.2. The number of nitrogens with one attached hydrogen (secondary N) is 2. The summed E-state index contributed by atoms with van der Waals surface area (Å²) in [5, 5.41) is 11.6. The van der Waals surface area contributed by atoms with Gasteiger partial charge in [0.25, 0.3) is 0 Å². The average molecular weight is 433 g/mol. The fraction of sp³-hybridized carbons (Fsp3) is 0.360. The van der Waals surface area contributed by atoms with Crippen molar-refractivity contribution in [1.29, 1.82) is 0 Å². The summed E-state index contributed by atoms with van der Waals surface area (Å²) in [4.78, 5) is 6.97. The third-order valence-corrected chi connectivity index (χ3v) is 5.87. The number of nitrogens with zero attached hydrogens (tertiary/aromatic N) is 4. The lowest BCUT2D eigenvalue weighted by atomic mass is 10.1. The minimum Gasteiger partial charge on any atom is -0.497 e. The molecular weight excluding hydrogens is 400 g/mol. The zero-order chi connectivity index (χ0) is 22.2. The highest BCUT2D eigenvalue weighted by molar-refractivity contribution is 5.79. The summed E-state index contributed by atoms with van der Waals surface area (Å²) in [6, 6.07) is 20.9. The fourth-order valence-electron chi connectivity index (χ4n) is 4.11. The zero-order valence-corrected chi connectivity index (χ0v) is 18.9. The Morgan fingerprint density at radius 1 is 1.03 bits per heavy atom. The van der Waals surface area contributed by atoms with Gasteiger partial charge in [0.05, 0.1) is 31.1 Å². The highest BCUT2D eigenvalue weighted by atomic mass is 16.5. The van der Waals surface area contributed by atoms with Gasteiger partial charge in [-0.1, -0.05) is 30.3 Å². The lowest BCUT2D eigenvalue weighted by molar-refractivity contribution is 0.245. The van der Waals surface area contributed by atoms with E-state index in [0.29, 0.717) is 12.6 Å². The predicted octanol–water partition coefficient (Wildman–Crippen LogP) is 3.38. The first-order valence-corrected chi connectivity index (χ1v) is 11.2. The van der Waals surface area contributed by atoms with Crippen LogP contribution in [0, 0.1) is 0 Å². The standard InChI is InChI=1S/C25H32N6O/c1-26-25(28-19-24(30-15-6-7-16-30)20-8-4-3-5-9-20)27-18-21-14-17-31(29-21)22-10-12-23(32-2)13-11-22/h3-5,8-14,17,24H,6-7,15-16,18-19H2,1-2H3,(H2,26,27,28). The minimum atomic E-state index is 0.339. The van der Waals surface area contributed by atoms with E-state index in [1.165, 1.54) is 18.4 Å². The van der Waals surface area contributed by atoms with Crippen LogP contribution in [0.4, 0.5) is 0 Å². The van der Waals surface area contributed by atoms with Gasteiger partial charge >= 0.3 is 0 Å². The van der Waals surface area contributed by atoms with Crippen molar-refractivity contribution in [3.63, 3.8) is 0 Å². The zero-order valence-electron chi connectivity index (χ0n) is 18.9. The summed E-state index contributed by atoms with van der Waals surface area (Å²) >= 11 is 0. The molecule has 32 heavy (non-hydrogen) atoms. The van der Waals surface area contributed by atoms with Crippen LogP contribution in [0.1, 0.15) is 30.1 Å². The number of aliphatic imine (C=N–C) groups is 1. The van der Waals surface area contributed by atoms with Crippen molar-refractivity contribution in [2.24, 2.45) is 4.99 Å². The Morgan fingerprint density at radius 2 is 1.78 bits per heavy atom. The molecule has 3 aromatic rings. The molecule has 1 aliphatic heterocycles. The molecule has 168 valence electrons. The number of likely N-dealkylation sites (tertiary alicyclic amines) is 1. The molecule has 0 aliphatic carbocycles. The molecule has 2 N–H and O–H groups in total. The molecule has 0 bridgehead atoms. The fourth-order valence-corrected chi connectivity index (χ4v) is 4.11. The monoisotopic (exact) mass is 432 g/mol. The molecule has 1 unspecified atom stereocenters. The van der Waals surface area contributed by atoms with E-state index in [0.717, 1.165) is 42.7 Å². The molecule has 1 fully saturated rings. The van der Waals surface area contributed by atoms with Crippen molar-refractivity contribution < 1.29 is 4.74 Å². The summed E-state index contributed by atoms with van der Waals surface area (Å²) in [5.41, 5.74) is 3.29. The van der Waals surface area contributed by atoms with Crippen LogP contribution in [0.25, 0.3) is 5.69 Å². The van der Waals surface area contributed by atoms with Crippen LogP contribution >= 0.6 is 0 Å². The maximum atomic E-state index is 5.23. The second-order valence-corrected chi connectivity index (χ2v) is 7.93. The normalized spacial score (nSPS) is 15.5. The molecule has 0 radical (unpaired) electrons. The molecule has 0 amide bonds. The highest BCUT2D eigenvalue weighted by Gasteiger charge is 2.23. The Morgan fingerprint density at radius 3 is 2.47 bits per heavy atom. The molecule has 1 atom stereocenters. The molecular formula is C25H32N6O. The number of rotatable bonds is 8. The lowest BCUT2D eigenvalue weighted by Gasteiger charge is -2.28. The lowest BCUT2D eigenvalue weighted by Crippen LogP contribution is -2.42. The first kappa shape index (κ1) is 21.9. The molecule has 2 heterocycles. The average Bonchev–Trinajstić information content (AvgIpc) is 3.55. The van der Waals surface area contributed by atoms with Crippen LogP contribution in [0.3, 0.4) is 0 Å². The summed E-state index contributed by atoms with van der Waals surface area (Å²) in [5.74, 6) is 1.62. The first-order chi connectivity index (χ1) is 15.8. The van der Waals surface area contributed by atoms with E-state index in [2.05, 4.69) is 56.0 Å². The summed E-state index contributed by atoms with van der Waals surface area (Å²) in [6.45, 7) is 3.71. The second kappa shape index (κ2) is 10.8. The topological polar surface area (TPSA) is 66.7 Å². The Hall–Kier alpha value is -3.32. The number of benzene rings is 2. The summed E-state index contributed by atoms with van der Waals surface area (Å²) < 4.78 is 7.09. The van der Waals surface area contributed by atoms with Gasteiger partial charge in [0.2, 0.25) is 0 Å². The van der Waals surface area contributed by atoms with Gasteiger partial charge in [0, 0.05) is 19.8 Å². The van der Waals surface area contributed by atoms with Crippen molar-refractivity contribution in [1.82, 2.24) is 25.3 Å². The van der Waals surface area contributed by atoms with E-state index < -0.39 is 0 Å². The van der Waals surface area contributed by atoms with Crippen molar-refractivity contribution >= 4 is 5.96 Å². The smallest absolute Gasteiger partial charge is 0.191 e. The van der Waals surface area contributed by atoms with Gasteiger partial charge < -0.3 is 15.4 Å². The number of hydrogen-bond acceptors (Lipinski definition) is 4. The van der Waals surface area contributed by atoms with E-state index in [9.17, 15) is 0 Å². The molecule has 7 nitrogen and oxygen atoms in total. The van der Waals surface area contributed by atoms with E-state index in [1.807, 2.05) is 41.2 Å². The van der Waals surface area contributed by atoms with E-state index in [1.54, 1.807) is 14.2 Å². The molecule has 1 aromatic heterocycles. The van der Waals surface area contributed by atoms with Crippen LogP contribution < -0.4 is 15.4 Å². The van der Waals surface area contributed by atoms with Gasteiger partial charge in [-0.2, -0.15) is 5.10 Å². The van der Waals surface area contributed by atoms with Gasteiger partial charge in [0.1, 0.15) is 5.75 Å². The van der Waals surface area contributed by atoms with Crippen molar-refractivity contribution in [3.05, 3.63) is 78.1 Å². The third kappa shape index (κ3) is 5.48. The number of aromatic nitrogens is 2. The van der Waals surface area contributed by atoms with E-state index >= 15 is 0 Å². The number of methoxy groups -OCH3 is 1. The molecule has 4 rings (SSSR count). The Balaban J connectivity index is 1.34. The molecule has 1 aliphatic rings. The van der Waals surface area contributed by atoms with Crippen LogP contribution in [-0.2, 0) is 6.54 Å². The van der Waals surface area contributed by atoms with Crippen molar-refractivity contribution in [2.75, 3.05) is 33.8 Å². The third-order valence-electron chi connectivity index (χ3n) is 5.87. The number of hydrogen-bond donors (Lipinski definition) is 2. The summed E-state index contributed by atoms with van der Waals surface area (Å²) in [7, 11) is 3.47. The molecule has 7 heteroatoms. The minimum absolute atomic E-state index is 0.339. The molecule has 2 aromatic carbocycles. The van der Waals surface area contributed by atoms with Crippen molar-refractivity contribution in [2.45, 2.75) is 25.4 Å².